The van der Waals surface area contributed by atoms with E-state index in [1.54, 1.807) is 0 Å². The van der Waals surface area contributed by atoms with Crippen LogP contribution >= 0.6 is 0 Å². The molecule has 0 heterocycles. The molecule has 0 saturated heterocycles. The lowest BCUT2D eigenvalue weighted by atomic mass is 10.2. The van der Waals surface area contributed by atoms with Crippen molar-refractivity contribution in [2.45, 2.75) is 45.1 Å². The fraction of sp³-hybridized carbons (Fsp3) is 1.00. The summed E-state index contributed by atoms with van der Waals surface area (Å²) in [5.41, 5.74) is 0. The summed E-state index contributed by atoms with van der Waals surface area (Å²) in [5, 5.41) is 3.32. The zero-order valence-electron chi connectivity index (χ0n) is 8.96. The highest BCUT2D eigenvalue weighted by molar-refractivity contribution is 7.91. The molecule has 0 radical (unpaired) electrons. The van der Waals surface area contributed by atoms with Gasteiger partial charge in [-0.25, -0.2) is 8.42 Å². The summed E-state index contributed by atoms with van der Waals surface area (Å²) in [7, 11) is -2.79. The molecule has 0 spiro atoms. The predicted octanol–water partition coefficient (Wildman–Crippen LogP) is 1.34. The van der Waals surface area contributed by atoms with Gasteiger partial charge in [-0.1, -0.05) is 19.8 Å². The van der Waals surface area contributed by atoms with Crippen LogP contribution in [0.5, 0.6) is 0 Å². The van der Waals surface area contributed by atoms with Crippen LogP contribution in [0, 0.1) is 0 Å². The largest absolute Gasteiger partial charge is 0.313 e. The van der Waals surface area contributed by atoms with Crippen LogP contribution in [0.25, 0.3) is 0 Å². The van der Waals surface area contributed by atoms with Crippen LogP contribution in [0.3, 0.4) is 0 Å². The Morgan fingerprint density at radius 2 is 1.86 bits per heavy atom. The Morgan fingerprint density at radius 1 is 1.21 bits per heavy atom. The maximum atomic E-state index is 11.4. The molecule has 1 N–H and O–H groups in total. The van der Waals surface area contributed by atoms with Crippen LogP contribution < -0.4 is 5.32 Å². The Kier molecular flexibility index (Phi) is 4.89. The van der Waals surface area contributed by atoms with E-state index >= 15 is 0 Å². The van der Waals surface area contributed by atoms with E-state index in [4.69, 9.17) is 0 Å². The zero-order chi connectivity index (χ0) is 10.4. The minimum atomic E-state index is -2.79. The lowest BCUT2D eigenvalue weighted by Crippen LogP contribution is -2.31. The van der Waals surface area contributed by atoms with Crippen molar-refractivity contribution in [2.75, 3.05) is 18.1 Å². The van der Waals surface area contributed by atoms with Gasteiger partial charge in [-0.2, -0.15) is 0 Å². The second kappa shape index (κ2) is 5.71. The molecule has 84 valence electrons. The summed E-state index contributed by atoms with van der Waals surface area (Å²) in [4.78, 5) is 0. The van der Waals surface area contributed by atoms with Gasteiger partial charge in [0.05, 0.1) is 5.75 Å². The molecule has 0 aromatic carbocycles. The van der Waals surface area contributed by atoms with Gasteiger partial charge in [0.15, 0.2) is 9.84 Å². The smallest absolute Gasteiger partial charge is 0.151 e. The SMILES string of the molecule is CCCS(=O)(=O)CCNC1CCCC1. The van der Waals surface area contributed by atoms with E-state index in [1.807, 2.05) is 6.92 Å². The van der Waals surface area contributed by atoms with Crippen LogP contribution in [0.1, 0.15) is 39.0 Å². The van der Waals surface area contributed by atoms with Gasteiger partial charge >= 0.3 is 0 Å². The molecule has 0 aromatic heterocycles. The van der Waals surface area contributed by atoms with Gasteiger partial charge in [0, 0.05) is 18.3 Å². The van der Waals surface area contributed by atoms with Crippen molar-refractivity contribution in [3.8, 4) is 0 Å². The molecule has 0 bridgehead atoms. The number of rotatable bonds is 6. The molecule has 14 heavy (non-hydrogen) atoms. The van der Waals surface area contributed by atoms with Crippen molar-refractivity contribution in [3.63, 3.8) is 0 Å². The third kappa shape index (κ3) is 4.42. The quantitative estimate of drug-likeness (QED) is 0.733. The second-order valence-electron chi connectivity index (χ2n) is 4.09. The molecule has 1 saturated carbocycles. The Labute approximate surface area is 87.2 Å². The maximum absolute atomic E-state index is 11.4. The van der Waals surface area contributed by atoms with Crippen molar-refractivity contribution >= 4 is 9.84 Å². The lowest BCUT2D eigenvalue weighted by Gasteiger charge is -2.11. The Morgan fingerprint density at radius 3 is 2.43 bits per heavy atom. The van der Waals surface area contributed by atoms with Crippen LogP contribution in [-0.4, -0.2) is 32.5 Å². The minimum absolute atomic E-state index is 0.303. The first-order valence-corrected chi connectivity index (χ1v) is 7.40. The summed E-state index contributed by atoms with van der Waals surface area (Å²) < 4.78 is 22.7. The van der Waals surface area contributed by atoms with Crippen LogP contribution in [-0.2, 0) is 9.84 Å². The number of nitrogens with one attached hydrogen (secondary N) is 1. The molecule has 0 amide bonds. The van der Waals surface area contributed by atoms with Crippen LogP contribution in [0.4, 0.5) is 0 Å². The molecule has 3 nitrogen and oxygen atoms in total. The van der Waals surface area contributed by atoms with E-state index in [9.17, 15) is 8.42 Å². The van der Waals surface area contributed by atoms with Gasteiger partial charge in [-0.15, -0.1) is 0 Å². The highest BCUT2D eigenvalue weighted by atomic mass is 32.2. The van der Waals surface area contributed by atoms with Gasteiger partial charge in [-0.05, 0) is 19.3 Å². The Balaban J connectivity index is 2.13. The van der Waals surface area contributed by atoms with E-state index in [0.29, 0.717) is 24.1 Å². The molecule has 0 aromatic rings. The summed E-state index contributed by atoms with van der Waals surface area (Å²) in [5.74, 6) is 0.636. The van der Waals surface area contributed by atoms with Gasteiger partial charge < -0.3 is 5.32 Å². The fourth-order valence-electron chi connectivity index (χ4n) is 1.96. The molecule has 4 heteroatoms. The molecular formula is C10H21NO2S. The van der Waals surface area contributed by atoms with Crippen LogP contribution in [0.2, 0.25) is 0 Å². The molecule has 0 aliphatic heterocycles. The van der Waals surface area contributed by atoms with Crippen molar-refractivity contribution in [1.82, 2.24) is 5.32 Å². The first-order valence-electron chi connectivity index (χ1n) is 5.58. The molecule has 0 unspecified atom stereocenters. The molecule has 1 aliphatic rings. The van der Waals surface area contributed by atoms with Crippen molar-refractivity contribution in [2.24, 2.45) is 0 Å². The summed E-state index contributed by atoms with van der Waals surface area (Å²) in [6.45, 7) is 2.54. The summed E-state index contributed by atoms with van der Waals surface area (Å²) >= 11 is 0. The number of hydrogen-bond acceptors (Lipinski definition) is 3. The minimum Gasteiger partial charge on any atom is -0.313 e. The maximum Gasteiger partial charge on any atom is 0.151 e. The fourth-order valence-corrected chi connectivity index (χ4v) is 3.22. The highest BCUT2D eigenvalue weighted by Gasteiger charge is 2.15. The average Bonchev–Trinajstić information content (AvgIpc) is 2.56. The molecule has 1 rings (SSSR count). The standard InChI is InChI=1S/C10H21NO2S/c1-2-8-14(12,13)9-7-11-10-5-3-4-6-10/h10-11H,2-9H2,1H3. The van der Waals surface area contributed by atoms with E-state index in [1.165, 1.54) is 25.7 Å². The lowest BCUT2D eigenvalue weighted by molar-refractivity contribution is 0.536. The second-order valence-corrected chi connectivity index (χ2v) is 6.39. The monoisotopic (exact) mass is 219 g/mol. The molecule has 0 atom stereocenters. The van der Waals surface area contributed by atoms with Gasteiger partial charge in [0.2, 0.25) is 0 Å². The van der Waals surface area contributed by atoms with E-state index in [0.717, 1.165) is 6.42 Å². The third-order valence-corrected chi connectivity index (χ3v) is 4.57. The van der Waals surface area contributed by atoms with Crippen LogP contribution in [0.15, 0.2) is 0 Å². The number of hydrogen-bond donors (Lipinski definition) is 1. The Bertz CT molecular complexity index is 243. The highest BCUT2D eigenvalue weighted by Crippen LogP contribution is 2.17. The normalized spacial score (nSPS) is 18.9. The topological polar surface area (TPSA) is 46.2 Å². The van der Waals surface area contributed by atoms with E-state index < -0.39 is 9.84 Å². The van der Waals surface area contributed by atoms with Gasteiger partial charge in [0.1, 0.15) is 0 Å². The molecule has 1 aliphatic carbocycles. The predicted molar refractivity (Wildman–Crippen MR) is 59.2 cm³/mol. The average molecular weight is 219 g/mol. The zero-order valence-corrected chi connectivity index (χ0v) is 9.78. The third-order valence-electron chi connectivity index (χ3n) is 2.72. The summed E-state index contributed by atoms with van der Waals surface area (Å²) in [6, 6.07) is 0.576. The first-order chi connectivity index (χ1) is 6.64. The van der Waals surface area contributed by atoms with Crippen molar-refractivity contribution in [3.05, 3.63) is 0 Å². The van der Waals surface area contributed by atoms with E-state index in [-0.39, 0.29) is 0 Å². The molecule has 1 fully saturated rings. The first kappa shape index (κ1) is 12.0. The van der Waals surface area contributed by atoms with Gasteiger partial charge in [0.25, 0.3) is 0 Å². The van der Waals surface area contributed by atoms with E-state index in [2.05, 4.69) is 5.32 Å². The molecular weight excluding hydrogens is 198 g/mol. The number of sulfone groups is 1. The summed E-state index contributed by atoms with van der Waals surface area (Å²) in [6.07, 6.45) is 5.74. The van der Waals surface area contributed by atoms with Crippen molar-refractivity contribution in [1.29, 1.82) is 0 Å². The Hall–Kier alpha value is -0.0900. The van der Waals surface area contributed by atoms with Crippen molar-refractivity contribution < 1.29 is 8.42 Å². The van der Waals surface area contributed by atoms with Gasteiger partial charge in [-0.3, -0.25) is 0 Å².